The predicted molar refractivity (Wildman–Crippen MR) is 86.9 cm³/mol. The van der Waals surface area contributed by atoms with Crippen molar-refractivity contribution in [2.75, 3.05) is 37.8 Å². The number of thiophene rings is 1. The van der Waals surface area contributed by atoms with Crippen LogP contribution in [0.4, 0.5) is 11.8 Å². The number of anilines is 2. The number of likely N-dealkylation sites (N-methyl/N-ethyl adjacent to an activating group) is 1. The van der Waals surface area contributed by atoms with Crippen LogP contribution < -0.4 is 10.6 Å². The topological polar surface area (TPSA) is 78.5 Å². The van der Waals surface area contributed by atoms with E-state index in [0.717, 1.165) is 29.0 Å². The SMILES string of the molecule is Cc1cc2c(N3CC(O)CC3CN(C)C)nc(N)nc2s1. The zero-order valence-corrected chi connectivity index (χ0v) is 13.4. The average molecular weight is 307 g/mol. The van der Waals surface area contributed by atoms with Crippen molar-refractivity contribution in [2.45, 2.75) is 25.5 Å². The highest BCUT2D eigenvalue weighted by Crippen LogP contribution is 2.34. The van der Waals surface area contributed by atoms with Gasteiger partial charge in [-0.15, -0.1) is 11.3 Å². The summed E-state index contributed by atoms with van der Waals surface area (Å²) in [6.07, 6.45) is 0.438. The van der Waals surface area contributed by atoms with Crippen molar-refractivity contribution in [3.05, 3.63) is 10.9 Å². The lowest BCUT2D eigenvalue weighted by atomic mass is 10.2. The van der Waals surface area contributed by atoms with Gasteiger partial charge in [0.25, 0.3) is 0 Å². The molecule has 0 bridgehead atoms. The van der Waals surface area contributed by atoms with Crippen molar-refractivity contribution in [3.8, 4) is 0 Å². The van der Waals surface area contributed by atoms with Crippen molar-refractivity contribution in [1.29, 1.82) is 0 Å². The lowest BCUT2D eigenvalue weighted by Crippen LogP contribution is -2.38. The molecule has 6 nitrogen and oxygen atoms in total. The zero-order valence-electron chi connectivity index (χ0n) is 12.6. The molecule has 1 aliphatic rings. The molecule has 0 aliphatic carbocycles. The van der Waals surface area contributed by atoms with E-state index in [1.807, 2.05) is 14.1 Å². The number of rotatable bonds is 3. The number of nitrogen functional groups attached to an aromatic ring is 1. The summed E-state index contributed by atoms with van der Waals surface area (Å²) >= 11 is 1.62. The van der Waals surface area contributed by atoms with Crippen LogP contribution >= 0.6 is 11.3 Å². The summed E-state index contributed by atoms with van der Waals surface area (Å²) in [7, 11) is 4.09. The maximum atomic E-state index is 10.1. The number of β-amino-alcohol motifs (C(OH)–C–C–N with tert-alkyl or cyclic N) is 1. The fourth-order valence-corrected chi connectivity index (χ4v) is 3.89. The smallest absolute Gasteiger partial charge is 0.223 e. The molecule has 1 fully saturated rings. The second kappa shape index (κ2) is 5.40. The van der Waals surface area contributed by atoms with E-state index in [-0.39, 0.29) is 12.1 Å². The molecular formula is C14H21N5OS. The van der Waals surface area contributed by atoms with E-state index in [1.165, 1.54) is 4.88 Å². The van der Waals surface area contributed by atoms with Gasteiger partial charge in [0.05, 0.1) is 11.5 Å². The number of fused-ring (bicyclic) bond motifs is 1. The predicted octanol–water partition coefficient (Wildman–Crippen LogP) is 1.08. The molecule has 0 radical (unpaired) electrons. The molecule has 7 heteroatoms. The highest BCUT2D eigenvalue weighted by Gasteiger charge is 2.33. The van der Waals surface area contributed by atoms with E-state index < -0.39 is 0 Å². The van der Waals surface area contributed by atoms with Crippen LogP contribution in [0.1, 0.15) is 11.3 Å². The van der Waals surface area contributed by atoms with Gasteiger partial charge in [-0.1, -0.05) is 0 Å². The Kier molecular flexibility index (Phi) is 3.73. The van der Waals surface area contributed by atoms with E-state index in [2.05, 4.69) is 32.8 Å². The molecule has 2 unspecified atom stereocenters. The fraction of sp³-hybridized carbons (Fsp3) is 0.571. The molecule has 114 valence electrons. The summed E-state index contributed by atoms with van der Waals surface area (Å²) in [5, 5.41) is 11.1. The Morgan fingerprint density at radius 2 is 2.24 bits per heavy atom. The number of nitrogens with two attached hydrogens (primary N) is 1. The molecule has 0 saturated carbocycles. The second-order valence-corrected chi connectivity index (χ2v) is 7.17. The van der Waals surface area contributed by atoms with Gasteiger partial charge in [-0.3, -0.25) is 0 Å². The fourth-order valence-electron chi connectivity index (χ4n) is 3.01. The summed E-state index contributed by atoms with van der Waals surface area (Å²) in [6, 6.07) is 2.35. The summed E-state index contributed by atoms with van der Waals surface area (Å²) in [5.74, 6) is 1.15. The first kappa shape index (κ1) is 14.5. The Morgan fingerprint density at radius 3 is 2.95 bits per heavy atom. The van der Waals surface area contributed by atoms with Gasteiger partial charge in [0.15, 0.2) is 0 Å². The largest absolute Gasteiger partial charge is 0.391 e. The van der Waals surface area contributed by atoms with Crippen molar-refractivity contribution in [3.63, 3.8) is 0 Å². The van der Waals surface area contributed by atoms with Gasteiger partial charge < -0.3 is 20.6 Å². The third-order valence-corrected chi connectivity index (χ3v) is 4.70. The normalized spacial score (nSPS) is 22.6. The van der Waals surface area contributed by atoms with Crippen LogP contribution in [-0.2, 0) is 0 Å². The Labute approximate surface area is 128 Å². The molecule has 3 N–H and O–H groups in total. The average Bonchev–Trinajstić information content (AvgIpc) is 2.89. The van der Waals surface area contributed by atoms with Crippen LogP contribution in [0.5, 0.6) is 0 Å². The van der Waals surface area contributed by atoms with Gasteiger partial charge >= 0.3 is 0 Å². The molecule has 2 aromatic heterocycles. The highest BCUT2D eigenvalue weighted by atomic mass is 32.1. The quantitative estimate of drug-likeness (QED) is 0.883. The molecule has 2 aromatic rings. The van der Waals surface area contributed by atoms with E-state index in [1.54, 1.807) is 11.3 Å². The van der Waals surface area contributed by atoms with Crippen LogP contribution in [0.15, 0.2) is 6.07 Å². The van der Waals surface area contributed by atoms with Crippen molar-refractivity contribution in [1.82, 2.24) is 14.9 Å². The first-order valence-electron chi connectivity index (χ1n) is 7.07. The first-order valence-corrected chi connectivity index (χ1v) is 7.89. The summed E-state index contributed by atoms with van der Waals surface area (Å²) in [5.41, 5.74) is 5.87. The summed E-state index contributed by atoms with van der Waals surface area (Å²) in [4.78, 5) is 15.2. The van der Waals surface area contributed by atoms with Crippen LogP contribution in [0, 0.1) is 6.92 Å². The van der Waals surface area contributed by atoms with Gasteiger partial charge in [0.1, 0.15) is 10.6 Å². The second-order valence-electron chi connectivity index (χ2n) is 5.94. The third kappa shape index (κ3) is 2.81. The lowest BCUT2D eigenvalue weighted by molar-refractivity contribution is 0.191. The number of nitrogens with zero attached hydrogens (tertiary/aromatic N) is 4. The Morgan fingerprint density at radius 1 is 1.48 bits per heavy atom. The summed E-state index contributed by atoms with van der Waals surface area (Å²) in [6.45, 7) is 3.53. The first-order chi connectivity index (χ1) is 9.94. The molecular weight excluding hydrogens is 286 g/mol. The number of aryl methyl sites for hydroxylation is 1. The Bertz CT molecular complexity index is 656. The maximum Gasteiger partial charge on any atom is 0.223 e. The Balaban J connectivity index is 2.05. The number of aliphatic hydroxyl groups excluding tert-OH is 1. The third-order valence-electron chi connectivity index (χ3n) is 3.75. The molecule has 21 heavy (non-hydrogen) atoms. The summed E-state index contributed by atoms with van der Waals surface area (Å²) < 4.78 is 0. The number of hydrogen-bond donors (Lipinski definition) is 2. The highest BCUT2D eigenvalue weighted by molar-refractivity contribution is 7.18. The van der Waals surface area contributed by atoms with Crippen LogP contribution in [0.2, 0.25) is 0 Å². The molecule has 0 spiro atoms. The minimum Gasteiger partial charge on any atom is -0.391 e. The monoisotopic (exact) mass is 307 g/mol. The molecule has 2 atom stereocenters. The van der Waals surface area contributed by atoms with Gasteiger partial charge in [-0.25, -0.2) is 4.98 Å². The number of hydrogen-bond acceptors (Lipinski definition) is 7. The molecule has 3 rings (SSSR count). The van der Waals surface area contributed by atoms with E-state index in [4.69, 9.17) is 5.73 Å². The van der Waals surface area contributed by atoms with E-state index >= 15 is 0 Å². The minimum atomic E-state index is -0.319. The van der Waals surface area contributed by atoms with Crippen molar-refractivity contribution >= 4 is 33.3 Å². The minimum absolute atomic E-state index is 0.243. The lowest BCUT2D eigenvalue weighted by Gasteiger charge is -2.28. The standard InChI is InChI=1S/C14H21N5OS/c1-8-4-11-12(16-14(15)17-13(11)21-8)19-7-10(20)5-9(19)6-18(2)3/h4,9-10,20H,5-7H2,1-3H3,(H2,15,16,17). The van der Waals surface area contributed by atoms with E-state index in [0.29, 0.717) is 12.5 Å². The molecule has 3 heterocycles. The van der Waals surface area contributed by atoms with Crippen molar-refractivity contribution in [2.24, 2.45) is 0 Å². The van der Waals surface area contributed by atoms with Crippen LogP contribution in [-0.4, -0.2) is 59.3 Å². The molecule has 1 aliphatic heterocycles. The van der Waals surface area contributed by atoms with Crippen molar-refractivity contribution < 1.29 is 5.11 Å². The van der Waals surface area contributed by atoms with Gasteiger partial charge in [0.2, 0.25) is 5.95 Å². The molecule has 1 saturated heterocycles. The van der Waals surface area contributed by atoms with Gasteiger partial charge in [-0.2, -0.15) is 4.98 Å². The number of aliphatic hydroxyl groups is 1. The van der Waals surface area contributed by atoms with Crippen LogP contribution in [0.25, 0.3) is 10.2 Å². The van der Waals surface area contributed by atoms with E-state index in [9.17, 15) is 5.11 Å². The number of aromatic nitrogens is 2. The molecule has 0 aromatic carbocycles. The zero-order chi connectivity index (χ0) is 15.1. The van der Waals surface area contributed by atoms with Crippen LogP contribution in [0.3, 0.4) is 0 Å². The maximum absolute atomic E-state index is 10.1. The molecule has 0 amide bonds. The van der Waals surface area contributed by atoms with Gasteiger partial charge in [-0.05, 0) is 33.5 Å². The van der Waals surface area contributed by atoms with Gasteiger partial charge in [0, 0.05) is 24.0 Å². The Hall–Kier alpha value is -1.44.